The van der Waals surface area contributed by atoms with E-state index < -0.39 is 10.0 Å². The second-order valence-electron chi connectivity index (χ2n) is 4.24. The molecule has 1 aromatic rings. The Morgan fingerprint density at radius 3 is 2.47 bits per heavy atom. The van der Waals surface area contributed by atoms with E-state index in [0.717, 1.165) is 11.8 Å². The molecule has 0 radical (unpaired) electrons. The van der Waals surface area contributed by atoms with E-state index in [4.69, 9.17) is 5.73 Å². The summed E-state index contributed by atoms with van der Waals surface area (Å²) in [5, 5.41) is 2.61. The molecule has 0 heterocycles. The molecular weight excluding hydrogens is 266 g/mol. The van der Waals surface area contributed by atoms with E-state index in [1.54, 1.807) is 0 Å². The van der Waals surface area contributed by atoms with Crippen molar-refractivity contribution in [3.05, 3.63) is 35.9 Å². The van der Waals surface area contributed by atoms with Gasteiger partial charge in [0.1, 0.15) is 0 Å². The molecule has 106 valence electrons. The average Bonchev–Trinajstić information content (AvgIpc) is 2.34. The van der Waals surface area contributed by atoms with Crippen LogP contribution in [0.4, 0.5) is 0 Å². The van der Waals surface area contributed by atoms with Gasteiger partial charge in [0, 0.05) is 25.6 Å². The molecule has 0 aliphatic rings. The Hall–Kier alpha value is -1.44. The van der Waals surface area contributed by atoms with E-state index in [2.05, 4.69) is 10.0 Å². The van der Waals surface area contributed by atoms with Gasteiger partial charge in [-0.15, -0.1) is 0 Å². The molecule has 6 nitrogen and oxygen atoms in total. The molecule has 0 aromatic heterocycles. The van der Waals surface area contributed by atoms with Crippen molar-refractivity contribution in [3.8, 4) is 0 Å². The molecule has 1 amide bonds. The molecule has 1 unspecified atom stereocenters. The normalized spacial score (nSPS) is 12.9. The van der Waals surface area contributed by atoms with Crippen molar-refractivity contribution in [2.75, 3.05) is 19.3 Å². The number of benzene rings is 1. The number of nitrogens with one attached hydrogen (secondary N) is 2. The summed E-state index contributed by atoms with van der Waals surface area (Å²) in [7, 11) is -3.21. The first-order valence-electron chi connectivity index (χ1n) is 5.90. The Kier molecular flexibility index (Phi) is 5.94. The van der Waals surface area contributed by atoms with Gasteiger partial charge in [0.15, 0.2) is 0 Å². The van der Waals surface area contributed by atoms with Gasteiger partial charge in [0.25, 0.3) is 0 Å². The largest absolute Gasteiger partial charge is 0.355 e. The zero-order valence-electron chi connectivity index (χ0n) is 10.8. The fourth-order valence-electron chi connectivity index (χ4n) is 1.53. The standard InChI is InChI=1S/C12H19N3O3S/c1-19(17,18)15-8-7-14-12(16)9-11(13)10-5-3-2-4-6-10/h2-6,11,15H,7-9,13H2,1H3,(H,14,16). The summed E-state index contributed by atoms with van der Waals surface area (Å²) in [6.07, 6.45) is 1.24. The molecule has 0 saturated heterocycles. The summed E-state index contributed by atoms with van der Waals surface area (Å²) in [5.74, 6) is -0.202. The molecule has 0 aliphatic carbocycles. The van der Waals surface area contributed by atoms with Crippen LogP contribution in [0.1, 0.15) is 18.0 Å². The Morgan fingerprint density at radius 1 is 1.26 bits per heavy atom. The Bertz CT molecular complexity index is 502. The van der Waals surface area contributed by atoms with Crippen molar-refractivity contribution in [2.24, 2.45) is 5.73 Å². The minimum absolute atomic E-state index is 0.170. The number of rotatable bonds is 7. The monoisotopic (exact) mass is 285 g/mol. The highest BCUT2D eigenvalue weighted by Gasteiger charge is 2.10. The van der Waals surface area contributed by atoms with E-state index in [9.17, 15) is 13.2 Å². The van der Waals surface area contributed by atoms with Gasteiger partial charge in [-0.2, -0.15) is 0 Å². The van der Waals surface area contributed by atoms with Crippen LogP contribution in [0, 0.1) is 0 Å². The van der Waals surface area contributed by atoms with Crippen molar-refractivity contribution < 1.29 is 13.2 Å². The topological polar surface area (TPSA) is 101 Å². The lowest BCUT2D eigenvalue weighted by Crippen LogP contribution is -2.35. The van der Waals surface area contributed by atoms with Crippen molar-refractivity contribution in [2.45, 2.75) is 12.5 Å². The third-order valence-corrected chi connectivity index (χ3v) is 3.17. The number of nitrogens with two attached hydrogens (primary N) is 1. The number of carbonyl (C=O) groups is 1. The molecule has 1 atom stereocenters. The lowest BCUT2D eigenvalue weighted by molar-refractivity contribution is -0.121. The minimum atomic E-state index is -3.21. The Morgan fingerprint density at radius 2 is 1.89 bits per heavy atom. The fourth-order valence-corrected chi connectivity index (χ4v) is 2.00. The number of hydrogen-bond acceptors (Lipinski definition) is 4. The van der Waals surface area contributed by atoms with Gasteiger partial charge in [0.05, 0.1) is 6.26 Å². The molecule has 0 fully saturated rings. The zero-order chi connectivity index (χ0) is 14.3. The van der Waals surface area contributed by atoms with Crippen LogP contribution in [0.5, 0.6) is 0 Å². The predicted molar refractivity (Wildman–Crippen MR) is 73.8 cm³/mol. The van der Waals surface area contributed by atoms with E-state index in [-0.39, 0.29) is 31.5 Å². The average molecular weight is 285 g/mol. The van der Waals surface area contributed by atoms with Gasteiger partial charge in [0.2, 0.25) is 15.9 Å². The summed E-state index contributed by atoms with van der Waals surface area (Å²) in [5.41, 5.74) is 6.79. The third-order valence-electron chi connectivity index (χ3n) is 2.44. The van der Waals surface area contributed by atoms with Crippen LogP contribution >= 0.6 is 0 Å². The summed E-state index contributed by atoms with van der Waals surface area (Å²) in [6.45, 7) is 0.415. The first kappa shape index (κ1) is 15.6. The number of sulfonamides is 1. The van der Waals surface area contributed by atoms with Crippen molar-refractivity contribution >= 4 is 15.9 Å². The van der Waals surface area contributed by atoms with Crippen LogP contribution in [-0.4, -0.2) is 33.7 Å². The molecule has 0 spiro atoms. The second-order valence-corrected chi connectivity index (χ2v) is 6.07. The van der Waals surface area contributed by atoms with Gasteiger partial charge in [-0.05, 0) is 5.56 Å². The number of carbonyl (C=O) groups excluding carboxylic acids is 1. The van der Waals surface area contributed by atoms with Gasteiger partial charge < -0.3 is 11.1 Å². The number of amides is 1. The Labute approximate surface area is 113 Å². The maximum absolute atomic E-state index is 11.6. The molecule has 0 aliphatic heterocycles. The molecule has 19 heavy (non-hydrogen) atoms. The van der Waals surface area contributed by atoms with Gasteiger partial charge in [-0.1, -0.05) is 30.3 Å². The van der Waals surface area contributed by atoms with Crippen LogP contribution < -0.4 is 15.8 Å². The first-order chi connectivity index (χ1) is 8.88. The quantitative estimate of drug-likeness (QED) is 0.601. The molecule has 0 bridgehead atoms. The van der Waals surface area contributed by atoms with E-state index in [0.29, 0.717) is 0 Å². The maximum atomic E-state index is 11.6. The Balaban J connectivity index is 2.28. The summed E-state index contributed by atoms with van der Waals surface area (Å²) in [4.78, 5) is 11.6. The van der Waals surface area contributed by atoms with Gasteiger partial charge in [-0.25, -0.2) is 13.1 Å². The summed E-state index contributed by atoms with van der Waals surface area (Å²) >= 11 is 0. The SMILES string of the molecule is CS(=O)(=O)NCCNC(=O)CC(N)c1ccccc1. The van der Waals surface area contributed by atoms with Gasteiger partial charge >= 0.3 is 0 Å². The molecule has 1 aromatic carbocycles. The highest BCUT2D eigenvalue weighted by Crippen LogP contribution is 2.12. The molecule has 4 N–H and O–H groups in total. The highest BCUT2D eigenvalue weighted by atomic mass is 32.2. The van der Waals surface area contributed by atoms with Crippen LogP contribution in [-0.2, 0) is 14.8 Å². The third kappa shape index (κ3) is 6.90. The van der Waals surface area contributed by atoms with Crippen LogP contribution in [0.3, 0.4) is 0 Å². The van der Waals surface area contributed by atoms with Crippen molar-refractivity contribution in [3.63, 3.8) is 0 Å². The molecular formula is C12H19N3O3S. The lowest BCUT2D eigenvalue weighted by Gasteiger charge is -2.12. The molecule has 1 rings (SSSR count). The highest BCUT2D eigenvalue weighted by molar-refractivity contribution is 7.88. The van der Waals surface area contributed by atoms with Crippen molar-refractivity contribution in [1.29, 1.82) is 0 Å². The summed E-state index contributed by atoms with van der Waals surface area (Å²) in [6, 6.07) is 8.98. The molecule has 7 heteroatoms. The fraction of sp³-hybridized carbons (Fsp3) is 0.417. The van der Waals surface area contributed by atoms with Crippen molar-refractivity contribution in [1.82, 2.24) is 10.0 Å². The lowest BCUT2D eigenvalue weighted by atomic mass is 10.0. The van der Waals surface area contributed by atoms with E-state index in [1.807, 2.05) is 30.3 Å². The predicted octanol–water partition coefficient (Wildman–Crippen LogP) is -0.258. The smallest absolute Gasteiger partial charge is 0.221 e. The minimum Gasteiger partial charge on any atom is -0.355 e. The van der Waals surface area contributed by atoms with E-state index >= 15 is 0 Å². The zero-order valence-corrected chi connectivity index (χ0v) is 11.6. The van der Waals surface area contributed by atoms with Gasteiger partial charge in [-0.3, -0.25) is 4.79 Å². The number of hydrogen-bond donors (Lipinski definition) is 3. The summed E-state index contributed by atoms with van der Waals surface area (Å²) < 4.78 is 23.9. The van der Waals surface area contributed by atoms with Crippen LogP contribution in [0.15, 0.2) is 30.3 Å². The second kappa shape index (κ2) is 7.22. The maximum Gasteiger partial charge on any atom is 0.221 e. The van der Waals surface area contributed by atoms with E-state index in [1.165, 1.54) is 0 Å². The molecule has 0 saturated carbocycles. The van der Waals surface area contributed by atoms with Crippen LogP contribution in [0.25, 0.3) is 0 Å². The van der Waals surface area contributed by atoms with Crippen LogP contribution in [0.2, 0.25) is 0 Å². The first-order valence-corrected chi connectivity index (χ1v) is 7.79.